The standard InChI is InChI=1S/C16H14ClNO2/c17-13-6-2-4-8-15(13)19-10-16-12(9-18)11-5-1-3-7-14(11)20-16/h1-8H,9-10,18H2. The molecule has 2 aromatic carbocycles. The van der Waals surface area contributed by atoms with Gasteiger partial charge in [0.05, 0.1) is 5.02 Å². The average molecular weight is 288 g/mol. The minimum absolute atomic E-state index is 0.310. The van der Waals surface area contributed by atoms with Gasteiger partial charge in [-0.05, 0) is 18.2 Å². The second-order valence-electron chi connectivity index (χ2n) is 4.42. The minimum atomic E-state index is 0.310. The van der Waals surface area contributed by atoms with Gasteiger partial charge in [-0.2, -0.15) is 0 Å². The molecule has 102 valence electrons. The molecule has 0 spiro atoms. The molecule has 2 N–H and O–H groups in total. The molecule has 4 heteroatoms. The molecule has 0 aliphatic heterocycles. The molecule has 0 aliphatic rings. The third-order valence-corrected chi connectivity index (χ3v) is 3.49. The van der Waals surface area contributed by atoms with Crippen molar-refractivity contribution in [3.8, 4) is 5.75 Å². The number of para-hydroxylation sites is 2. The number of benzene rings is 2. The van der Waals surface area contributed by atoms with Gasteiger partial charge in [0, 0.05) is 17.5 Å². The molecule has 0 amide bonds. The highest BCUT2D eigenvalue weighted by Crippen LogP contribution is 2.28. The Morgan fingerprint density at radius 3 is 2.60 bits per heavy atom. The van der Waals surface area contributed by atoms with Gasteiger partial charge in [-0.15, -0.1) is 0 Å². The van der Waals surface area contributed by atoms with Gasteiger partial charge in [0.25, 0.3) is 0 Å². The van der Waals surface area contributed by atoms with E-state index in [0.717, 1.165) is 22.3 Å². The second-order valence-corrected chi connectivity index (χ2v) is 4.83. The second kappa shape index (κ2) is 5.57. The van der Waals surface area contributed by atoms with E-state index in [0.29, 0.717) is 23.9 Å². The number of rotatable bonds is 4. The van der Waals surface area contributed by atoms with Crippen LogP contribution in [0.15, 0.2) is 52.9 Å². The van der Waals surface area contributed by atoms with Crippen molar-refractivity contribution >= 4 is 22.6 Å². The Bertz CT molecular complexity index is 736. The highest BCUT2D eigenvalue weighted by molar-refractivity contribution is 6.32. The quantitative estimate of drug-likeness (QED) is 0.785. The van der Waals surface area contributed by atoms with E-state index in [1.165, 1.54) is 0 Å². The molecule has 1 aromatic heterocycles. The van der Waals surface area contributed by atoms with E-state index < -0.39 is 0 Å². The number of furan rings is 1. The van der Waals surface area contributed by atoms with E-state index in [-0.39, 0.29) is 0 Å². The number of ether oxygens (including phenoxy) is 1. The normalized spacial score (nSPS) is 10.9. The summed E-state index contributed by atoms with van der Waals surface area (Å²) in [6.45, 7) is 0.725. The maximum absolute atomic E-state index is 6.06. The first-order valence-electron chi connectivity index (χ1n) is 6.36. The summed E-state index contributed by atoms with van der Waals surface area (Å²) in [5.41, 5.74) is 7.62. The zero-order chi connectivity index (χ0) is 13.9. The lowest BCUT2D eigenvalue weighted by Gasteiger charge is -2.07. The first kappa shape index (κ1) is 13.0. The number of nitrogens with two attached hydrogens (primary N) is 1. The Kier molecular flexibility index (Phi) is 3.63. The van der Waals surface area contributed by atoms with E-state index in [2.05, 4.69) is 0 Å². The molecule has 0 aliphatic carbocycles. The van der Waals surface area contributed by atoms with Crippen molar-refractivity contribution in [2.75, 3.05) is 0 Å². The summed E-state index contributed by atoms with van der Waals surface area (Å²) in [5, 5.41) is 1.62. The lowest BCUT2D eigenvalue weighted by molar-refractivity contribution is 0.273. The summed E-state index contributed by atoms with van der Waals surface area (Å²) in [7, 11) is 0. The van der Waals surface area contributed by atoms with E-state index >= 15 is 0 Å². The van der Waals surface area contributed by atoms with Crippen LogP contribution in [-0.4, -0.2) is 0 Å². The molecule has 0 unspecified atom stereocenters. The number of hydrogen-bond donors (Lipinski definition) is 1. The van der Waals surface area contributed by atoms with Crippen molar-refractivity contribution in [1.82, 2.24) is 0 Å². The van der Waals surface area contributed by atoms with E-state index in [1.807, 2.05) is 42.5 Å². The Hall–Kier alpha value is -1.97. The first-order chi connectivity index (χ1) is 9.79. The smallest absolute Gasteiger partial charge is 0.147 e. The molecular formula is C16H14ClNO2. The molecule has 0 fully saturated rings. The Balaban J connectivity index is 1.89. The van der Waals surface area contributed by atoms with Gasteiger partial charge in [0.15, 0.2) is 0 Å². The fourth-order valence-electron chi connectivity index (χ4n) is 2.19. The summed E-state index contributed by atoms with van der Waals surface area (Å²) >= 11 is 6.06. The van der Waals surface area contributed by atoms with Gasteiger partial charge in [-0.1, -0.05) is 41.9 Å². The summed E-state index contributed by atoms with van der Waals surface area (Å²) in [6, 6.07) is 15.2. The van der Waals surface area contributed by atoms with Gasteiger partial charge < -0.3 is 14.9 Å². The van der Waals surface area contributed by atoms with E-state index in [1.54, 1.807) is 6.07 Å². The van der Waals surface area contributed by atoms with Crippen molar-refractivity contribution in [2.24, 2.45) is 5.73 Å². The molecule has 0 saturated carbocycles. The lowest BCUT2D eigenvalue weighted by Crippen LogP contribution is -2.02. The molecule has 3 nitrogen and oxygen atoms in total. The Morgan fingerprint density at radius 1 is 1.05 bits per heavy atom. The SMILES string of the molecule is NCc1c(COc2ccccc2Cl)oc2ccccc12. The summed E-state index contributed by atoms with van der Waals surface area (Å²) in [6.07, 6.45) is 0. The van der Waals surface area contributed by atoms with Gasteiger partial charge in [0.2, 0.25) is 0 Å². The first-order valence-corrected chi connectivity index (χ1v) is 6.74. The van der Waals surface area contributed by atoms with Gasteiger partial charge in [-0.25, -0.2) is 0 Å². The predicted molar refractivity (Wildman–Crippen MR) is 79.9 cm³/mol. The number of halogens is 1. The maximum atomic E-state index is 6.06. The third kappa shape index (κ3) is 2.38. The van der Waals surface area contributed by atoms with Crippen molar-refractivity contribution in [2.45, 2.75) is 13.2 Å². The summed E-state index contributed by atoms with van der Waals surface area (Å²) < 4.78 is 11.5. The zero-order valence-electron chi connectivity index (χ0n) is 10.8. The van der Waals surface area contributed by atoms with Crippen LogP contribution in [0.2, 0.25) is 5.02 Å². The van der Waals surface area contributed by atoms with Crippen LogP contribution in [0.3, 0.4) is 0 Å². The lowest BCUT2D eigenvalue weighted by atomic mass is 10.1. The van der Waals surface area contributed by atoms with E-state index in [9.17, 15) is 0 Å². The monoisotopic (exact) mass is 287 g/mol. The van der Waals surface area contributed by atoms with Crippen LogP contribution in [0.4, 0.5) is 0 Å². The molecule has 3 aromatic rings. The van der Waals surface area contributed by atoms with Crippen LogP contribution in [0.5, 0.6) is 5.75 Å². The fraction of sp³-hybridized carbons (Fsp3) is 0.125. The maximum Gasteiger partial charge on any atom is 0.147 e. The fourth-order valence-corrected chi connectivity index (χ4v) is 2.39. The van der Waals surface area contributed by atoms with Gasteiger partial charge >= 0.3 is 0 Å². The van der Waals surface area contributed by atoms with Crippen LogP contribution in [0.1, 0.15) is 11.3 Å². The molecule has 1 heterocycles. The van der Waals surface area contributed by atoms with Gasteiger partial charge in [0.1, 0.15) is 23.7 Å². The largest absolute Gasteiger partial charge is 0.484 e. The van der Waals surface area contributed by atoms with Crippen LogP contribution >= 0.6 is 11.6 Å². The predicted octanol–water partition coefficient (Wildman–Crippen LogP) is 4.12. The Morgan fingerprint density at radius 2 is 1.80 bits per heavy atom. The highest BCUT2D eigenvalue weighted by Gasteiger charge is 2.13. The highest BCUT2D eigenvalue weighted by atomic mass is 35.5. The van der Waals surface area contributed by atoms with Crippen molar-refractivity contribution < 1.29 is 9.15 Å². The summed E-state index contributed by atoms with van der Waals surface area (Å²) in [4.78, 5) is 0. The number of hydrogen-bond acceptors (Lipinski definition) is 3. The van der Waals surface area contributed by atoms with Crippen LogP contribution in [0.25, 0.3) is 11.0 Å². The average Bonchev–Trinajstić information content (AvgIpc) is 2.84. The summed E-state index contributed by atoms with van der Waals surface area (Å²) in [5.74, 6) is 1.38. The van der Waals surface area contributed by atoms with Crippen LogP contribution in [-0.2, 0) is 13.2 Å². The molecular weight excluding hydrogens is 274 g/mol. The van der Waals surface area contributed by atoms with Crippen molar-refractivity contribution in [3.05, 3.63) is 64.9 Å². The topological polar surface area (TPSA) is 48.4 Å². The van der Waals surface area contributed by atoms with Gasteiger partial charge in [-0.3, -0.25) is 0 Å². The molecule has 0 bridgehead atoms. The molecule has 0 radical (unpaired) electrons. The van der Waals surface area contributed by atoms with Crippen molar-refractivity contribution in [1.29, 1.82) is 0 Å². The van der Waals surface area contributed by atoms with Crippen LogP contribution < -0.4 is 10.5 Å². The van der Waals surface area contributed by atoms with E-state index in [4.69, 9.17) is 26.5 Å². The van der Waals surface area contributed by atoms with Crippen LogP contribution in [0, 0.1) is 0 Å². The molecule has 20 heavy (non-hydrogen) atoms. The third-order valence-electron chi connectivity index (χ3n) is 3.18. The number of fused-ring (bicyclic) bond motifs is 1. The minimum Gasteiger partial charge on any atom is -0.484 e. The molecule has 0 atom stereocenters. The van der Waals surface area contributed by atoms with Crippen molar-refractivity contribution in [3.63, 3.8) is 0 Å². The Labute approximate surface area is 121 Å². The zero-order valence-corrected chi connectivity index (χ0v) is 11.6. The molecule has 0 saturated heterocycles. The molecule has 3 rings (SSSR count).